The average molecular weight is 334 g/mol. The number of hydrogen-bond donors (Lipinski definition) is 3. The van der Waals surface area contributed by atoms with Crippen LogP contribution >= 0.6 is 11.8 Å². The Kier molecular flexibility index (Phi) is 11.8. The summed E-state index contributed by atoms with van der Waals surface area (Å²) in [7, 11) is 0. The molecule has 1 amide bonds. The Balaban J connectivity index is 4.23. The first kappa shape index (κ1) is 20.9. The van der Waals surface area contributed by atoms with Gasteiger partial charge in [0.15, 0.2) is 6.04 Å². The molecular weight excluding hydrogens is 308 g/mol. The van der Waals surface area contributed by atoms with Crippen LogP contribution in [0.25, 0.3) is 0 Å². The molecule has 0 saturated heterocycles. The number of aliphatic hydroxyl groups is 1. The molecule has 128 valence electrons. The Bertz CT molecular complexity index is 354. The second kappa shape index (κ2) is 12.4. The number of amides is 1. The van der Waals surface area contributed by atoms with Gasteiger partial charge < -0.3 is 30.9 Å². The van der Waals surface area contributed by atoms with E-state index >= 15 is 0 Å². The molecule has 0 heterocycles. The van der Waals surface area contributed by atoms with Gasteiger partial charge in [-0.25, -0.2) is 0 Å². The number of thioether (sulfide) groups is 1. The van der Waals surface area contributed by atoms with Gasteiger partial charge in [0.1, 0.15) is 6.29 Å². The number of aliphatic carboxylic acids is 1. The molecule has 0 aromatic rings. The SMILES string of the molecule is CCCCCC(O)C(CC=O)SC[C@H]([NH3+])C(=O)NCC(=O)[O-]. The Labute approximate surface area is 135 Å². The third-order valence-electron chi connectivity index (χ3n) is 3.15. The number of hydrogen-bond acceptors (Lipinski definition) is 6. The first-order valence-corrected chi connectivity index (χ1v) is 8.51. The zero-order valence-corrected chi connectivity index (χ0v) is 13.8. The lowest BCUT2D eigenvalue weighted by atomic mass is 10.1. The van der Waals surface area contributed by atoms with Crippen LogP contribution in [0.3, 0.4) is 0 Å². The van der Waals surface area contributed by atoms with Crippen molar-refractivity contribution in [1.82, 2.24) is 5.32 Å². The Morgan fingerprint density at radius 1 is 1.41 bits per heavy atom. The highest BCUT2D eigenvalue weighted by molar-refractivity contribution is 8.00. The van der Waals surface area contributed by atoms with E-state index in [9.17, 15) is 24.6 Å². The number of carbonyl (C=O) groups is 3. The lowest BCUT2D eigenvalue weighted by Crippen LogP contribution is -2.69. The molecule has 2 unspecified atom stereocenters. The van der Waals surface area contributed by atoms with Crippen molar-refractivity contribution in [3.8, 4) is 0 Å². The van der Waals surface area contributed by atoms with E-state index in [1.807, 2.05) is 0 Å². The van der Waals surface area contributed by atoms with Crippen molar-refractivity contribution in [1.29, 1.82) is 0 Å². The van der Waals surface area contributed by atoms with Gasteiger partial charge in [0.25, 0.3) is 5.91 Å². The van der Waals surface area contributed by atoms with Crippen molar-refractivity contribution in [3.05, 3.63) is 0 Å². The number of carbonyl (C=O) groups excluding carboxylic acids is 3. The maximum absolute atomic E-state index is 11.6. The number of rotatable bonds is 13. The number of carboxylic acid groups (broad SMARTS) is 1. The summed E-state index contributed by atoms with van der Waals surface area (Å²) in [4.78, 5) is 32.6. The largest absolute Gasteiger partial charge is 0.548 e. The van der Waals surface area contributed by atoms with E-state index < -0.39 is 30.6 Å². The number of quaternary nitrogens is 1. The first-order valence-electron chi connectivity index (χ1n) is 7.46. The molecule has 0 aliphatic rings. The minimum Gasteiger partial charge on any atom is -0.548 e. The molecule has 7 nitrogen and oxygen atoms in total. The van der Waals surface area contributed by atoms with Crippen LogP contribution < -0.4 is 16.2 Å². The number of aliphatic hydroxyl groups excluding tert-OH is 1. The molecule has 0 aliphatic heterocycles. The van der Waals surface area contributed by atoms with E-state index in [0.717, 1.165) is 25.5 Å². The van der Waals surface area contributed by atoms with Crippen LogP contribution in [0.15, 0.2) is 0 Å². The Morgan fingerprint density at radius 2 is 2.09 bits per heavy atom. The maximum Gasteiger partial charge on any atom is 0.279 e. The van der Waals surface area contributed by atoms with Crippen LogP contribution in [-0.2, 0) is 14.4 Å². The molecule has 0 rings (SSSR count). The van der Waals surface area contributed by atoms with E-state index in [4.69, 9.17) is 0 Å². The lowest BCUT2D eigenvalue weighted by molar-refractivity contribution is -0.396. The number of aldehydes is 1. The van der Waals surface area contributed by atoms with Crippen molar-refractivity contribution in [2.45, 2.75) is 56.4 Å². The normalized spacial score (nSPS) is 14.9. The quantitative estimate of drug-likeness (QED) is 0.266. The molecule has 0 bridgehead atoms. The van der Waals surface area contributed by atoms with Crippen LogP contribution in [0.1, 0.15) is 39.0 Å². The number of nitrogens with one attached hydrogen (secondary N) is 1. The van der Waals surface area contributed by atoms with Gasteiger partial charge in [0.05, 0.1) is 24.4 Å². The van der Waals surface area contributed by atoms with Gasteiger partial charge in [-0.15, -0.1) is 11.8 Å². The highest BCUT2D eigenvalue weighted by atomic mass is 32.2. The molecule has 5 N–H and O–H groups in total. The van der Waals surface area contributed by atoms with Crippen LogP contribution in [0.5, 0.6) is 0 Å². The molecule has 0 saturated carbocycles. The van der Waals surface area contributed by atoms with Crippen LogP contribution in [-0.4, -0.2) is 53.0 Å². The fraction of sp³-hybridized carbons (Fsp3) is 0.786. The van der Waals surface area contributed by atoms with Crippen molar-refractivity contribution < 1.29 is 30.3 Å². The minimum absolute atomic E-state index is 0.214. The zero-order valence-electron chi connectivity index (χ0n) is 13.0. The maximum atomic E-state index is 11.6. The summed E-state index contributed by atoms with van der Waals surface area (Å²) in [6, 6.07) is -0.652. The van der Waals surface area contributed by atoms with Crippen molar-refractivity contribution in [2.24, 2.45) is 0 Å². The molecule has 0 spiro atoms. The molecule has 0 aromatic heterocycles. The van der Waals surface area contributed by atoms with E-state index in [2.05, 4.69) is 18.0 Å². The molecule has 0 radical (unpaired) electrons. The predicted octanol–water partition coefficient (Wildman–Crippen LogP) is -1.90. The fourth-order valence-electron chi connectivity index (χ4n) is 1.84. The molecule has 8 heteroatoms. The second-order valence-electron chi connectivity index (χ2n) is 5.12. The van der Waals surface area contributed by atoms with Gasteiger partial charge >= 0.3 is 0 Å². The van der Waals surface area contributed by atoms with Gasteiger partial charge in [-0.1, -0.05) is 26.2 Å². The summed E-state index contributed by atoms with van der Waals surface area (Å²) in [6.45, 7) is 1.52. The number of unbranched alkanes of at least 4 members (excludes halogenated alkanes) is 2. The molecule has 0 aromatic carbocycles. The highest BCUT2D eigenvalue weighted by Gasteiger charge is 2.23. The third kappa shape index (κ3) is 9.75. The third-order valence-corrected chi connectivity index (χ3v) is 4.68. The minimum atomic E-state index is -1.36. The van der Waals surface area contributed by atoms with E-state index in [1.54, 1.807) is 0 Å². The highest BCUT2D eigenvalue weighted by Crippen LogP contribution is 2.21. The molecule has 0 aliphatic carbocycles. The summed E-state index contributed by atoms with van der Waals surface area (Å²) < 4.78 is 0. The average Bonchev–Trinajstić information content (AvgIpc) is 2.48. The summed E-state index contributed by atoms with van der Waals surface area (Å²) in [6.07, 6.45) is 3.98. The monoisotopic (exact) mass is 334 g/mol. The summed E-state index contributed by atoms with van der Waals surface area (Å²) in [5.41, 5.74) is 3.67. The Hall–Kier alpha value is -1.12. The van der Waals surface area contributed by atoms with Gasteiger partial charge in [0.2, 0.25) is 0 Å². The van der Waals surface area contributed by atoms with Gasteiger partial charge in [-0.3, -0.25) is 4.79 Å². The van der Waals surface area contributed by atoms with Crippen molar-refractivity contribution in [2.75, 3.05) is 12.3 Å². The van der Waals surface area contributed by atoms with Gasteiger partial charge in [-0.2, -0.15) is 0 Å². The van der Waals surface area contributed by atoms with E-state index in [-0.39, 0.29) is 11.7 Å². The van der Waals surface area contributed by atoms with Gasteiger partial charge in [-0.05, 0) is 6.42 Å². The molecule has 3 atom stereocenters. The summed E-state index contributed by atoms with van der Waals surface area (Å²) in [5.74, 6) is -1.54. The second-order valence-corrected chi connectivity index (χ2v) is 6.40. The molecule has 22 heavy (non-hydrogen) atoms. The van der Waals surface area contributed by atoms with E-state index in [1.165, 1.54) is 11.8 Å². The van der Waals surface area contributed by atoms with Crippen molar-refractivity contribution in [3.63, 3.8) is 0 Å². The van der Waals surface area contributed by atoms with Crippen LogP contribution in [0.4, 0.5) is 0 Å². The topological polar surface area (TPSA) is 134 Å². The molecule has 0 fully saturated rings. The van der Waals surface area contributed by atoms with Gasteiger partial charge in [0, 0.05) is 11.7 Å². The van der Waals surface area contributed by atoms with E-state index in [0.29, 0.717) is 12.2 Å². The summed E-state index contributed by atoms with van der Waals surface area (Å²) in [5, 5.41) is 22.3. The zero-order chi connectivity index (χ0) is 17.0. The fourth-order valence-corrected chi connectivity index (χ4v) is 3.04. The number of carboxylic acids is 1. The first-order chi connectivity index (χ1) is 10.4. The molecular formula is C14H26N2O5S. The smallest absolute Gasteiger partial charge is 0.279 e. The Morgan fingerprint density at radius 3 is 2.64 bits per heavy atom. The standard InChI is InChI=1S/C14H26N2O5S/c1-2-3-4-5-11(18)12(6-7-17)22-9-10(15)14(21)16-8-13(19)20/h7,10-12,18H,2-6,8-9,15H2,1H3,(H,16,21)(H,19,20)/t10-,11?,12?/m0/s1. The summed E-state index contributed by atoms with van der Waals surface area (Å²) >= 11 is 1.32. The van der Waals surface area contributed by atoms with Crippen LogP contribution in [0, 0.1) is 0 Å². The predicted molar refractivity (Wildman–Crippen MR) is 81.8 cm³/mol. The van der Waals surface area contributed by atoms with Crippen LogP contribution in [0.2, 0.25) is 0 Å². The lowest BCUT2D eigenvalue weighted by Gasteiger charge is -2.21. The van der Waals surface area contributed by atoms with Crippen molar-refractivity contribution >= 4 is 29.9 Å².